The summed E-state index contributed by atoms with van der Waals surface area (Å²) in [5.74, 6) is 1.23. The zero-order valence-corrected chi connectivity index (χ0v) is 20.1. The SMILES string of the molecule is CC(/C=C/[C@H]1C(O[Si](C)(C)C(C)(C)C)CC2OC(O)CC21)CCc1ccccc1. The van der Waals surface area contributed by atoms with Gasteiger partial charge in [0.25, 0.3) is 0 Å². The minimum Gasteiger partial charge on any atom is -0.413 e. The monoisotopic (exact) mass is 416 g/mol. The van der Waals surface area contributed by atoms with Crippen LogP contribution in [0.2, 0.25) is 18.1 Å². The van der Waals surface area contributed by atoms with Crippen molar-refractivity contribution in [3.05, 3.63) is 48.0 Å². The molecule has 5 unspecified atom stereocenters. The maximum Gasteiger partial charge on any atom is 0.192 e. The van der Waals surface area contributed by atoms with Gasteiger partial charge in [0.05, 0.1) is 12.2 Å². The van der Waals surface area contributed by atoms with Crippen LogP contribution in [0.5, 0.6) is 0 Å². The van der Waals surface area contributed by atoms with Crippen molar-refractivity contribution in [2.45, 2.75) is 90.0 Å². The molecular weight excluding hydrogens is 376 g/mol. The number of allylic oxidation sites excluding steroid dienone is 1. The first-order valence-corrected chi connectivity index (χ1v) is 14.2. The molecule has 1 aromatic rings. The molecule has 3 rings (SSSR count). The molecule has 3 nitrogen and oxygen atoms in total. The highest BCUT2D eigenvalue weighted by Crippen LogP contribution is 2.48. The molecule has 1 saturated heterocycles. The molecule has 1 heterocycles. The maximum atomic E-state index is 10.0. The van der Waals surface area contributed by atoms with E-state index in [1.165, 1.54) is 5.56 Å². The second-order valence-corrected chi connectivity index (χ2v) is 15.4. The van der Waals surface area contributed by atoms with E-state index >= 15 is 0 Å². The van der Waals surface area contributed by atoms with Crippen LogP contribution in [0.1, 0.15) is 52.5 Å². The van der Waals surface area contributed by atoms with E-state index in [1.54, 1.807) is 0 Å². The van der Waals surface area contributed by atoms with Crippen molar-refractivity contribution in [1.29, 1.82) is 0 Å². The van der Waals surface area contributed by atoms with Crippen LogP contribution in [0.25, 0.3) is 0 Å². The van der Waals surface area contributed by atoms with E-state index in [0.29, 0.717) is 17.8 Å². The van der Waals surface area contributed by atoms with E-state index in [0.717, 1.165) is 25.7 Å². The lowest BCUT2D eigenvalue weighted by Crippen LogP contribution is -2.45. The van der Waals surface area contributed by atoms with E-state index < -0.39 is 14.6 Å². The molecule has 0 spiro atoms. The molecular formula is C25H40O3Si. The molecule has 1 N–H and O–H groups in total. The summed E-state index contributed by atoms with van der Waals surface area (Å²) in [6, 6.07) is 10.7. The lowest BCUT2D eigenvalue weighted by Gasteiger charge is -2.40. The standard InChI is InChI=1S/C25H40O3Si/c1-18(12-14-19-10-8-7-9-11-19)13-15-20-21-16-24(26)27-22(21)17-23(20)28-29(5,6)25(2,3)4/h7-11,13,15,18,20-24,26H,12,14,16-17H2,1-6H3/b15-13+/t18?,20-,21?,22?,23?,24?/m1/s1. The van der Waals surface area contributed by atoms with Gasteiger partial charge in [0.15, 0.2) is 14.6 Å². The van der Waals surface area contributed by atoms with Gasteiger partial charge in [-0.1, -0.05) is 70.2 Å². The van der Waals surface area contributed by atoms with Crippen LogP contribution in [-0.4, -0.2) is 31.9 Å². The average Bonchev–Trinajstić information content (AvgIpc) is 3.13. The number of ether oxygens (including phenoxy) is 1. The average molecular weight is 417 g/mol. The van der Waals surface area contributed by atoms with Crippen LogP contribution in [0.15, 0.2) is 42.5 Å². The van der Waals surface area contributed by atoms with Gasteiger partial charge < -0.3 is 14.3 Å². The van der Waals surface area contributed by atoms with Gasteiger partial charge in [0.2, 0.25) is 0 Å². The highest BCUT2D eigenvalue weighted by atomic mass is 28.4. The van der Waals surface area contributed by atoms with Crippen molar-refractivity contribution in [3.63, 3.8) is 0 Å². The molecule has 1 saturated carbocycles. The van der Waals surface area contributed by atoms with Crippen LogP contribution in [-0.2, 0) is 15.6 Å². The maximum absolute atomic E-state index is 10.0. The first kappa shape index (κ1) is 22.7. The van der Waals surface area contributed by atoms with Crippen LogP contribution < -0.4 is 0 Å². The Hall–Kier alpha value is -0.943. The molecule has 162 valence electrons. The number of hydrogen-bond donors (Lipinski definition) is 1. The lowest BCUT2D eigenvalue weighted by molar-refractivity contribution is -0.0945. The molecule has 6 atom stereocenters. The summed E-state index contributed by atoms with van der Waals surface area (Å²) < 4.78 is 12.7. The third-order valence-electron chi connectivity index (χ3n) is 7.32. The van der Waals surface area contributed by atoms with Gasteiger partial charge in [-0.3, -0.25) is 0 Å². The highest BCUT2D eigenvalue weighted by molar-refractivity contribution is 6.74. The predicted octanol–water partition coefficient (Wildman–Crippen LogP) is 5.95. The summed E-state index contributed by atoms with van der Waals surface area (Å²) in [7, 11) is -1.84. The quantitative estimate of drug-likeness (QED) is 0.441. The van der Waals surface area contributed by atoms with Crippen molar-refractivity contribution in [1.82, 2.24) is 0 Å². The Balaban J connectivity index is 1.66. The fraction of sp³-hybridized carbons (Fsp3) is 0.680. The van der Waals surface area contributed by atoms with Crippen molar-refractivity contribution >= 4 is 8.32 Å². The summed E-state index contributed by atoms with van der Waals surface area (Å²) in [4.78, 5) is 0. The molecule has 1 aromatic carbocycles. The summed E-state index contributed by atoms with van der Waals surface area (Å²) in [5, 5.41) is 10.2. The largest absolute Gasteiger partial charge is 0.413 e. The van der Waals surface area contributed by atoms with Gasteiger partial charge in [-0.2, -0.15) is 0 Å². The number of aliphatic hydroxyl groups excluding tert-OH is 1. The molecule has 1 aliphatic heterocycles. The number of fused-ring (bicyclic) bond motifs is 1. The van der Waals surface area contributed by atoms with E-state index in [1.807, 2.05) is 0 Å². The van der Waals surface area contributed by atoms with Crippen LogP contribution >= 0.6 is 0 Å². The predicted molar refractivity (Wildman–Crippen MR) is 122 cm³/mol. The fourth-order valence-electron chi connectivity index (χ4n) is 4.44. The Morgan fingerprint density at radius 3 is 2.55 bits per heavy atom. The first-order valence-electron chi connectivity index (χ1n) is 11.3. The minimum atomic E-state index is -1.84. The van der Waals surface area contributed by atoms with Crippen LogP contribution in [0, 0.1) is 17.8 Å². The van der Waals surface area contributed by atoms with E-state index in [9.17, 15) is 5.11 Å². The van der Waals surface area contributed by atoms with Crippen LogP contribution in [0.4, 0.5) is 0 Å². The van der Waals surface area contributed by atoms with E-state index in [4.69, 9.17) is 9.16 Å². The Labute approximate surface area is 178 Å². The van der Waals surface area contributed by atoms with Gasteiger partial charge in [0, 0.05) is 12.3 Å². The van der Waals surface area contributed by atoms with Gasteiger partial charge in [-0.15, -0.1) is 0 Å². The Kier molecular flexibility index (Phi) is 7.09. The third-order valence-corrected chi connectivity index (χ3v) is 11.8. The van der Waals surface area contributed by atoms with Crippen molar-refractivity contribution in [2.24, 2.45) is 17.8 Å². The number of hydrogen-bond acceptors (Lipinski definition) is 3. The molecule has 0 radical (unpaired) electrons. The molecule has 29 heavy (non-hydrogen) atoms. The normalized spacial score (nSPS) is 31.3. The zero-order valence-electron chi connectivity index (χ0n) is 19.1. The minimum absolute atomic E-state index is 0.133. The zero-order chi connectivity index (χ0) is 21.2. The van der Waals surface area contributed by atoms with Gasteiger partial charge in [-0.05, 0) is 54.8 Å². The van der Waals surface area contributed by atoms with Crippen LogP contribution in [0.3, 0.4) is 0 Å². The first-order chi connectivity index (χ1) is 13.6. The number of aliphatic hydroxyl groups is 1. The van der Waals surface area contributed by atoms with Crippen molar-refractivity contribution in [3.8, 4) is 0 Å². The smallest absolute Gasteiger partial charge is 0.192 e. The van der Waals surface area contributed by atoms with E-state index in [-0.39, 0.29) is 17.2 Å². The summed E-state index contributed by atoms with van der Waals surface area (Å²) in [5.41, 5.74) is 1.40. The fourth-order valence-corrected chi connectivity index (χ4v) is 5.81. The van der Waals surface area contributed by atoms with Gasteiger partial charge >= 0.3 is 0 Å². The topological polar surface area (TPSA) is 38.7 Å². The summed E-state index contributed by atoms with van der Waals surface area (Å²) in [6.07, 6.45) is 8.39. The van der Waals surface area contributed by atoms with Crippen molar-refractivity contribution in [2.75, 3.05) is 0 Å². The summed E-state index contributed by atoms with van der Waals surface area (Å²) >= 11 is 0. The molecule has 0 amide bonds. The Morgan fingerprint density at radius 1 is 1.21 bits per heavy atom. The number of aryl methyl sites for hydroxylation is 1. The molecule has 0 aromatic heterocycles. The van der Waals surface area contributed by atoms with E-state index in [2.05, 4.69) is 83.3 Å². The second kappa shape index (κ2) is 9.05. The molecule has 0 bridgehead atoms. The molecule has 4 heteroatoms. The van der Waals surface area contributed by atoms with Gasteiger partial charge in [-0.25, -0.2) is 0 Å². The molecule has 2 fully saturated rings. The molecule has 1 aliphatic carbocycles. The Bertz CT molecular complexity index is 679. The summed E-state index contributed by atoms with van der Waals surface area (Å²) in [6.45, 7) is 13.9. The van der Waals surface area contributed by atoms with Crippen molar-refractivity contribution < 1.29 is 14.3 Å². The number of benzene rings is 1. The lowest BCUT2D eigenvalue weighted by atomic mass is 9.90. The Morgan fingerprint density at radius 2 is 1.90 bits per heavy atom. The number of rotatable bonds is 7. The highest BCUT2D eigenvalue weighted by Gasteiger charge is 2.51. The van der Waals surface area contributed by atoms with Gasteiger partial charge in [0.1, 0.15) is 0 Å². The third kappa shape index (κ3) is 5.60. The molecule has 2 aliphatic rings. The second-order valence-electron chi connectivity index (χ2n) is 10.6.